The average Bonchev–Trinajstić information content (AvgIpc) is 3.26. The van der Waals surface area contributed by atoms with Gasteiger partial charge in [-0.3, -0.25) is 0 Å². The Morgan fingerprint density at radius 1 is 0.397 bits per heavy atom. The van der Waals surface area contributed by atoms with Crippen LogP contribution in [-0.4, -0.2) is 0 Å². The van der Waals surface area contributed by atoms with Crippen molar-refractivity contribution in [2.45, 2.75) is 173 Å². The van der Waals surface area contributed by atoms with Gasteiger partial charge in [0.15, 0.2) is 0 Å². The molecule has 0 saturated heterocycles. The Balaban J connectivity index is 0.926. The first kappa shape index (κ1) is 43.7. The van der Waals surface area contributed by atoms with Crippen LogP contribution in [0.25, 0.3) is 0 Å². The van der Waals surface area contributed by atoms with E-state index in [1.807, 2.05) is 48.5 Å². The first-order chi connectivity index (χ1) is 28.5. The highest BCUT2D eigenvalue weighted by Crippen LogP contribution is 2.49. The van der Waals surface area contributed by atoms with Gasteiger partial charge in [0.05, 0.1) is 0 Å². The Hall–Kier alpha value is -3.92. The molecule has 314 valence electrons. The van der Waals surface area contributed by atoms with Gasteiger partial charge in [-0.25, -0.2) is 0 Å². The van der Waals surface area contributed by atoms with Crippen LogP contribution in [0, 0.1) is 17.8 Å². The Labute approximate surface area is 352 Å². The largest absolute Gasteiger partial charge is 0.457 e. The van der Waals surface area contributed by atoms with Crippen molar-refractivity contribution in [1.82, 2.24) is 0 Å². The molecule has 2 saturated carbocycles. The highest BCUT2D eigenvalue weighted by atomic mass is 16.5. The lowest BCUT2D eigenvalue weighted by atomic mass is 9.62. The predicted octanol–water partition coefficient (Wildman–Crippen LogP) is 16.4. The summed E-state index contributed by atoms with van der Waals surface area (Å²) in [6.45, 7) is 2.31. The van der Waals surface area contributed by atoms with Gasteiger partial charge in [0.25, 0.3) is 0 Å². The maximum absolute atomic E-state index is 6.19. The third-order valence-electron chi connectivity index (χ3n) is 13.9. The third-order valence-corrected chi connectivity index (χ3v) is 13.9. The van der Waals surface area contributed by atoms with E-state index in [9.17, 15) is 0 Å². The van der Waals surface area contributed by atoms with Gasteiger partial charge in [-0.15, -0.1) is 0 Å². The van der Waals surface area contributed by atoms with Crippen LogP contribution >= 0.6 is 0 Å². The molecule has 0 aromatic heterocycles. The van der Waals surface area contributed by atoms with Gasteiger partial charge in [-0.05, 0) is 127 Å². The summed E-state index contributed by atoms with van der Waals surface area (Å²) in [5, 5.41) is 0. The number of rotatable bonds is 24. The van der Waals surface area contributed by atoms with E-state index >= 15 is 0 Å². The van der Waals surface area contributed by atoms with E-state index in [0.29, 0.717) is 0 Å². The van der Waals surface area contributed by atoms with Crippen molar-refractivity contribution in [3.63, 3.8) is 0 Å². The average molecular weight is 785 g/mol. The Morgan fingerprint density at radius 3 is 1.09 bits per heavy atom. The number of hydrogen-bond acceptors (Lipinski definition) is 4. The summed E-state index contributed by atoms with van der Waals surface area (Å²) >= 11 is 0. The highest BCUT2D eigenvalue weighted by molar-refractivity contribution is 5.47. The minimum absolute atomic E-state index is 0.0265. The molecule has 2 aliphatic carbocycles. The standard InChI is InChI=1S/C54H76N2O2/c1-2-3-4-5-6-7-8-9-10-11-12-13-14-15-16-43-17-19-44(20-18-43)21-22-45-39-41-54(42-40-45,46-23-31-50(32-24-46)57-52-35-27-48(55)28-36-52)47-25-33-51(34-26-47)58-53-37-29-49(56)30-38-53/h23-38,43-45H,2-22,39-42,55-56H2,1H3. The number of hydrogen-bond donors (Lipinski definition) is 2. The molecule has 4 heteroatoms. The molecule has 0 atom stereocenters. The monoisotopic (exact) mass is 785 g/mol. The van der Waals surface area contributed by atoms with E-state index in [0.717, 1.165) is 52.1 Å². The molecule has 6 rings (SSSR count). The Bertz CT molecular complexity index is 1590. The van der Waals surface area contributed by atoms with Gasteiger partial charge in [0, 0.05) is 16.8 Å². The van der Waals surface area contributed by atoms with E-state index in [-0.39, 0.29) is 5.41 Å². The number of unbranched alkanes of at least 4 members (excludes halogenated alkanes) is 13. The maximum atomic E-state index is 6.19. The van der Waals surface area contributed by atoms with Crippen molar-refractivity contribution in [1.29, 1.82) is 0 Å². The van der Waals surface area contributed by atoms with E-state index in [1.54, 1.807) is 0 Å². The topological polar surface area (TPSA) is 70.5 Å². The number of nitrogens with two attached hydrogens (primary N) is 2. The van der Waals surface area contributed by atoms with Gasteiger partial charge >= 0.3 is 0 Å². The van der Waals surface area contributed by atoms with Crippen LogP contribution < -0.4 is 20.9 Å². The molecule has 4 aromatic rings. The van der Waals surface area contributed by atoms with Gasteiger partial charge in [0.2, 0.25) is 0 Å². The molecule has 0 aliphatic heterocycles. The number of benzene rings is 4. The van der Waals surface area contributed by atoms with Crippen LogP contribution in [0.15, 0.2) is 97.1 Å². The molecule has 0 amide bonds. The molecule has 0 heterocycles. The minimum atomic E-state index is -0.0265. The Kier molecular flexibility index (Phi) is 17.8. The maximum Gasteiger partial charge on any atom is 0.127 e. The van der Waals surface area contributed by atoms with Crippen LogP contribution in [-0.2, 0) is 5.41 Å². The van der Waals surface area contributed by atoms with Crippen LogP contribution in [0.3, 0.4) is 0 Å². The van der Waals surface area contributed by atoms with Crippen molar-refractivity contribution in [2.75, 3.05) is 11.5 Å². The van der Waals surface area contributed by atoms with Gasteiger partial charge in [-0.2, -0.15) is 0 Å². The molecule has 0 unspecified atom stereocenters. The van der Waals surface area contributed by atoms with E-state index < -0.39 is 0 Å². The SMILES string of the molecule is CCCCCCCCCCCCCCCCC1CCC(CCC2CCC(c3ccc(Oc4ccc(N)cc4)cc3)(c3ccc(Oc4ccc(N)cc4)cc3)CC2)CC1. The minimum Gasteiger partial charge on any atom is -0.457 e. The molecule has 2 fully saturated rings. The molecule has 0 radical (unpaired) electrons. The zero-order valence-corrected chi connectivity index (χ0v) is 36.1. The number of nitrogen functional groups attached to an aromatic ring is 2. The lowest BCUT2D eigenvalue weighted by Gasteiger charge is -2.42. The first-order valence-electron chi connectivity index (χ1n) is 23.8. The van der Waals surface area contributed by atoms with Gasteiger partial charge < -0.3 is 20.9 Å². The summed E-state index contributed by atoms with van der Waals surface area (Å²) in [6.07, 6.45) is 35.4. The van der Waals surface area contributed by atoms with Crippen molar-refractivity contribution >= 4 is 11.4 Å². The molecule has 4 nitrogen and oxygen atoms in total. The van der Waals surface area contributed by atoms with E-state index in [4.69, 9.17) is 20.9 Å². The fourth-order valence-corrected chi connectivity index (χ4v) is 10.1. The lowest BCUT2D eigenvalue weighted by molar-refractivity contribution is 0.208. The summed E-state index contributed by atoms with van der Waals surface area (Å²) in [5.74, 6) is 6.05. The van der Waals surface area contributed by atoms with Crippen LogP contribution in [0.1, 0.15) is 179 Å². The molecule has 0 spiro atoms. The van der Waals surface area contributed by atoms with Gasteiger partial charge in [-0.1, -0.05) is 166 Å². The second-order valence-corrected chi connectivity index (χ2v) is 18.3. The molecule has 58 heavy (non-hydrogen) atoms. The zero-order valence-electron chi connectivity index (χ0n) is 36.1. The van der Waals surface area contributed by atoms with Crippen molar-refractivity contribution in [3.8, 4) is 23.0 Å². The molecule has 2 aliphatic rings. The van der Waals surface area contributed by atoms with Gasteiger partial charge in [0.1, 0.15) is 23.0 Å². The molecule has 4 N–H and O–H groups in total. The van der Waals surface area contributed by atoms with Crippen LogP contribution in [0.4, 0.5) is 11.4 Å². The normalized spacial score (nSPS) is 18.2. The van der Waals surface area contributed by atoms with E-state index in [2.05, 4.69) is 55.5 Å². The second kappa shape index (κ2) is 23.6. The Morgan fingerprint density at radius 2 is 0.707 bits per heavy atom. The summed E-state index contributed by atoms with van der Waals surface area (Å²) in [6, 6.07) is 32.9. The molecule has 4 aromatic carbocycles. The van der Waals surface area contributed by atoms with Crippen LogP contribution in [0.2, 0.25) is 0 Å². The number of anilines is 2. The number of ether oxygens (including phenoxy) is 2. The first-order valence-corrected chi connectivity index (χ1v) is 23.8. The highest BCUT2D eigenvalue weighted by Gasteiger charge is 2.38. The summed E-state index contributed by atoms with van der Waals surface area (Å²) in [4.78, 5) is 0. The fourth-order valence-electron chi connectivity index (χ4n) is 10.1. The smallest absolute Gasteiger partial charge is 0.127 e. The van der Waals surface area contributed by atoms with E-state index in [1.165, 1.54) is 172 Å². The quantitative estimate of drug-likeness (QED) is 0.0548. The summed E-state index contributed by atoms with van der Waals surface area (Å²) in [7, 11) is 0. The molecular weight excluding hydrogens is 709 g/mol. The van der Waals surface area contributed by atoms with Crippen molar-refractivity contribution < 1.29 is 9.47 Å². The lowest BCUT2D eigenvalue weighted by Crippen LogP contribution is -2.33. The summed E-state index contributed by atoms with van der Waals surface area (Å²) < 4.78 is 12.4. The fraction of sp³-hybridized carbons (Fsp3) is 0.556. The van der Waals surface area contributed by atoms with Crippen molar-refractivity contribution in [2.24, 2.45) is 17.8 Å². The zero-order chi connectivity index (χ0) is 40.3. The van der Waals surface area contributed by atoms with Crippen LogP contribution in [0.5, 0.6) is 23.0 Å². The summed E-state index contributed by atoms with van der Waals surface area (Å²) in [5.41, 5.74) is 16.0. The predicted molar refractivity (Wildman–Crippen MR) is 247 cm³/mol. The molecule has 0 bridgehead atoms. The third kappa shape index (κ3) is 13.8. The second-order valence-electron chi connectivity index (χ2n) is 18.3. The molecular formula is C54H76N2O2. The van der Waals surface area contributed by atoms with Crippen molar-refractivity contribution in [3.05, 3.63) is 108 Å².